The Morgan fingerprint density at radius 2 is 1.87 bits per heavy atom. The fourth-order valence-electron chi connectivity index (χ4n) is 5.58. The molecule has 5 rings (SSSR count). The van der Waals surface area contributed by atoms with Crippen LogP contribution in [0.1, 0.15) is 56.2 Å². The molecule has 0 atom stereocenters. The molecule has 3 fully saturated rings. The highest BCUT2D eigenvalue weighted by Gasteiger charge is 2.52. The molecule has 0 bridgehead atoms. The zero-order chi connectivity index (χ0) is 27.8. The van der Waals surface area contributed by atoms with E-state index in [2.05, 4.69) is 9.88 Å². The SMILES string of the molecule is N#Cc1ncc(N2C(=O)CC3(CCC3)N(c3ccc(OCCCN4CCCC4)c(F)c3)C2=S)cc1C(F)(F)F. The number of anilines is 2. The number of amides is 1. The van der Waals surface area contributed by atoms with E-state index in [0.29, 0.717) is 31.2 Å². The predicted molar refractivity (Wildman–Crippen MR) is 140 cm³/mol. The van der Waals surface area contributed by atoms with Gasteiger partial charge in [0, 0.05) is 18.3 Å². The van der Waals surface area contributed by atoms with Crippen molar-refractivity contribution in [2.45, 2.75) is 56.7 Å². The number of alkyl halides is 3. The maximum atomic E-state index is 15.1. The lowest BCUT2D eigenvalue weighted by Crippen LogP contribution is -2.67. The lowest BCUT2D eigenvalue weighted by atomic mass is 9.71. The number of aromatic nitrogens is 1. The van der Waals surface area contributed by atoms with Crippen LogP contribution in [0.4, 0.5) is 28.9 Å². The van der Waals surface area contributed by atoms with Crippen LogP contribution in [-0.2, 0) is 11.0 Å². The first-order valence-electron chi connectivity index (χ1n) is 12.9. The topological polar surface area (TPSA) is 72.7 Å². The van der Waals surface area contributed by atoms with E-state index in [4.69, 9.17) is 22.2 Å². The minimum Gasteiger partial charge on any atom is -0.490 e. The summed E-state index contributed by atoms with van der Waals surface area (Å²) in [4.78, 5) is 21.8. The highest BCUT2D eigenvalue weighted by atomic mass is 32.1. The second-order valence-electron chi connectivity index (χ2n) is 10.2. The molecule has 3 aliphatic rings. The van der Waals surface area contributed by atoms with Crippen LogP contribution in [0.3, 0.4) is 0 Å². The van der Waals surface area contributed by atoms with Crippen LogP contribution >= 0.6 is 12.2 Å². The molecular weight excluding hydrogens is 534 g/mol. The molecule has 39 heavy (non-hydrogen) atoms. The van der Waals surface area contributed by atoms with Crippen molar-refractivity contribution >= 4 is 34.6 Å². The summed E-state index contributed by atoms with van der Waals surface area (Å²) in [6.45, 7) is 3.43. The number of ether oxygens (including phenoxy) is 1. The van der Waals surface area contributed by atoms with Gasteiger partial charge in [0.25, 0.3) is 0 Å². The fraction of sp³-hybridized carbons (Fsp3) is 0.481. The van der Waals surface area contributed by atoms with E-state index < -0.39 is 34.7 Å². The van der Waals surface area contributed by atoms with Crippen molar-refractivity contribution in [3.63, 3.8) is 0 Å². The molecule has 1 amide bonds. The molecule has 1 saturated carbocycles. The van der Waals surface area contributed by atoms with Crippen LogP contribution < -0.4 is 14.5 Å². The van der Waals surface area contributed by atoms with Crippen molar-refractivity contribution in [3.05, 3.63) is 47.5 Å². The van der Waals surface area contributed by atoms with Crippen molar-refractivity contribution < 1.29 is 27.1 Å². The third kappa shape index (κ3) is 5.30. The van der Waals surface area contributed by atoms with Crippen LogP contribution in [0.5, 0.6) is 5.75 Å². The van der Waals surface area contributed by atoms with Crippen LogP contribution in [0.2, 0.25) is 0 Å². The summed E-state index contributed by atoms with van der Waals surface area (Å²) >= 11 is 5.65. The van der Waals surface area contributed by atoms with Gasteiger partial charge < -0.3 is 14.5 Å². The van der Waals surface area contributed by atoms with Crippen molar-refractivity contribution in [3.8, 4) is 11.8 Å². The van der Waals surface area contributed by atoms with Gasteiger partial charge in [0.05, 0.1) is 36.0 Å². The molecule has 2 saturated heterocycles. The lowest BCUT2D eigenvalue weighted by molar-refractivity contribution is -0.138. The van der Waals surface area contributed by atoms with Crippen molar-refractivity contribution in [2.24, 2.45) is 0 Å². The maximum absolute atomic E-state index is 15.1. The molecular formula is C27H27F4N5O2S. The number of rotatable bonds is 7. The number of halogens is 4. The van der Waals surface area contributed by atoms with Gasteiger partial charge in [0.15, 0.2) is 22.4 Å². The van der Waals surface area contributed by atoms with Crippen LogP contribution in [-0.4, -0.2) is 52.7 Å². The lowest BCUT2D eigenvalue weighted by Gasteiger charge is -2.55. The Hall–Kier alpha value is -3.30. The number of nitriles is 1. The summed E-state index contributed by atoms with van der Waals surface area (Å²) < 4.78 is 61.6. The number of likely N-dealkylation sites (tertiary alicyclic amines) is 1. The third-order valence-electron chi connectivity index (χ3n) is 7.66. The van der Waals surface area contributed by atoms with E-state index in [0.717, 1.165) is 43.6 Å². The molecule has 2 aliphatic heterocycles. The van der Waals surface area contributed by atoms with E-state index >= 15 is 4.39 Å². The molecule has 1 spiro atoms. The normalized spacial score (nSPS) is 19.4. The predicted octanol–water partition coefficient (Wildman–Crippen LogP) is 5.43. The average Bonchev–Trinajstić information content (AvgIpc) is 3.39. The Bertz CT molecular complexity index is 1320. The molecule has 2 aromatic rings. The Morgan fingerprint density at radius 3 is 2.49 bits per heavy atom. The van der Waals surface area contributed by atoms with Crippen molar-refractivity contribution in [2.75, 3.05) is 36.0 Å². The molecule has 0 unspecified atom stereocenters. The van der Waals surface area contributed by atoms with Gasteiger partial charge in [0.1, 0.15) is 6.07 Å². The summed E-state index contributed by atoms with van der Waals surface area (Å²) in [6, 6.07) is 6.58. The molecule has 0 N–H and O–H groups in total. The van der Waals surface area contributed by atoms with Gasteiger partial charge in [-0.1, -0.05) is 0 Å². The van der Waals surface area contributed by atoms with Crippen LogP contribution in [0, 0.1) is 17.1 Å². The minimum atomic E-state index is -4.85. The van der Waals surface area contributed by atoms with Crippen molar-refractivity contribution in [1.29, 1.82) is 5.26 Å². The Balaban J connectivity index is 1.39. The zero-order valence-corrected chi connectivity index (χ0v) is 22.0. The van der Waals surface area contributed by atoms with E-state index in [1.54, 1.807) is 11.0 Å². The molecule has 12 heteroatoms. The monoisotopic (exact) mass is 561 g/mol. The Kier molecular flexibility index (Phi) is 7.48. The molecule has 1 aromatic carbocycles. The molecule has 1 aromatic heterocycles. The summed E-state index contributed by atoms with van der Waals surface area (Å²) in [5.74, 6) is -0.965. The third-order valence-corrected chi connectivity index (χ3v) is 8.03. The first kappa shape index (κ1) is 27.3. The Morgan fingerprint density at radius 1 is 1.13 bits per heavy atom. The molecule has 206 valence electrons. The summed E-state index contributed by atoms with van der Waals surface area (Å²) in [5.41, 5.74) is -2.55. The number of hydrogen-bond acceptors (Lipinski definition) is 6. The van der Waals surface area contributed by atoms with Gasteiger partial charge in [-0.3, -0.25) is 9.69 Å². The fourth-order valence-corrected chi connectivity index (χ4v) is 6.08. The van der Waals surface area contributed by atoms with E-state index in [1.807, 2.05) is 0 Å². The number of hydrogen-bond donors (Lipinski definition) is 0. The molecule has 3 heterocycles. The van der Waals surface area contributed by atoms with Crippen LogP contribution in [0.15, 0.2) is 30.5 Å². The standard InChI is InChI=1S/C27H27F4N5O2S/c28-21-14-18(5-6-23(21)38-12-4-11-34-9-1-2-10-34)36-25(39)35(24(37)15-26(36)7-3-8-26)19-13-20(27(29,30)31)22(16-32)33-17-19/h5-6,13-14,17H,1-4,7-12,15H2. The number of carbonyl (C=O) groups excluding carboxylic acids is 1. The smallest absolute Gasteiger partial charge is 0.419 e. The zero-order valence-electron chi connectivity index (χ0n) is 21.1. The van der Waals surface area contributed by atoms with E-state index in [1.165, 1.54) is 31.0 Å². The largest absolute Gasteiger partial charge is 0.490 e. The van der Waals surface area contributed by atoms with Gasteiger partial charge in [0.2, 0.25) is 5.91 Å². The quantitative estimate of drug-likeness (QED) is 0.254. The highest BCUT2D eigenvalue weighted by Crippen LogP contribution is 2.48. The number of benzene rings is 1. The van der Waals surface area contributed by atoms with E-state index in [-0.39, 0.29) is 23.0 Å². The van der Waals surface area contributed by atoms with Crippen LogP contribution in [0.25, 0.3) is 0 Å². The molecule has 1 aliphatic carbocycles. The number of thiocarbonyl (C=S) groups is 1. The second kappa shape index (κ2) is 10.7. The van der Waals surface area contributed by atoms with Gasteiger partial charge in [-0.05, 0) is 82.0 Å². The van der Waals surface area contributed by atoms with Crippen molar-refractivity contribution in [1.82, 2.24) is 9.88 Å². The first-order chi connectivity index (χ1) is 18.6. The van der Waals surface area contributed by atoms with Gasteiger partial charge in [-0.25, -0.2) is 9.37 Å². The number of carbonyl (C=O) groups is 1. The molecule has 0 radical (unpaired) electrons. The van der Waals surface area contributed by atoms with E-state index in [9.17, 15) is 18.0 Å². The molecule has 7 nitrogen and oxygen atoms in total. The average molecular weight is 562 g/mol. The number of nitrogens with zero attached hydrogens (tertiary/aromatic N) is 5. The first-order valence-corrected chi connectivity index (χ1v) is 13.3. The number of pyridine rings is 1. The van der Waals surface area contributed by atoms with Gasteiger partial charge >= 0.3 is 6.18 Å². The highest BCUT2D eigenvalue weighted by molar-refractivity contribution is 7.81. The summed E-state index contributed by atoms with van der Waals surface area (Å²) in [6.07, 6.45) is 1.43. The second-order valence-corrected chi connectivity index (χ2v) is 10.5. The Labute approximate surface area is 228 Å². The van der Waals surface area contributed by atoms with Gasteiger partial charge in [-0.2, -0.15) is 18.4 Å². The van der Waals surface area contributed by atoms with Gasteiger partial charge in [-0.15, -0.1) is 0 Å². The summed E-state index contributed by atoms with van der Waals surface area (Å²) in [5, 5.41) is 9.01. The summed E-state index contributed by atoms with van der Waals surface area (Å²) in [7, 11) is 0. The maximum Gasteiger partial charge on any atom is 0.419 e. The minimum absolute atomic E-state index is 0.00906.